The van der Waals surface area contributed by atoms with Gasteiger partial charge in [-0.1, -0.05) is 0 Å². The second-order valence-corrected chi connectivity index (χ2v) is 5.41. The van der Waals surface area contributed by atoms with Crippen molar-refractivity contribution >= 4 is 11.9 Å². The summed E-state index contributed by atoms with van der Waals surface area (Å²) in [6, 6.07) is -0.0786. The number of likely N-dealkylation sites (tertiary alicyclic amines) is 1. The van der Waals surface area contributed by atoms with Crippen molar-refractivity contribution in [3.05, 3.63) is 0 Å². The van der Waals surface area contributed by atoms with Crippen LogP contribution in [0.15, 0.2) is 0 Å². The van der Waals surface area contributed by atoms with Gasteiger partial charge in [-0.25, -0.2) is 0 Å². The van der Waals surface area contributed by atoms with Crippen LogP contribution in [0.1, 0.15) is 19.8 Å². The van der Waals surface area contributed by atoms with Gasteiger partial charge in [0, 0.05) is 39.3 Å². The molecule has 6 heteroatoms. The molecule has 108 valence electrons. The Bertz CT molecular complexity index is 334. The molecule has 0 aliphatic carbocycles. The van der Waals surface area contributed by atoms with Gasteiger partial charge >= 0.3 is 5.97 Å². The number of aliphatic carboxylic acids is 1. The van der Waals surface area contributed by atoms with Crippen molar-refractivity contribution in [2.75, 3.05) is 45.8 Å². The van der Waals surface area contributed by atoms with Crippen molar-refractivity contribution in [3.8, 4) is 0 Å². The average Bonchev–Trinajstić information content (AvgIpc) is 2.91. The summed E-state index contributed by atoms with van der Waals surface area (Å²) >= 11 is 0. The maximum Gasteiger partial charge on any atom is 0.317 e. The first-order valence-electron chi connectivity index (χ1n) is 7.05. The van der Waals surface area contributed by atoms with Crippen LogP contribution in [0.5, 0.6) is 0 Å². The Labute approximate surface area is 114 Å². The van der Waals surface area contributed by atoms with Gasteiger partial charge in [0.2, 0.25) is 5.91 Å². The van der Waals surface area contributed by atoms with Crippen LogP contribution in [-0.2, 0) is 9.59 Å². The number of rotatable bonds is 4. The van der Waals surface area contributed by atoms with Crippen LogP contribution >= 0.6 is 0 Å². The minimum atomic E-state index is -0.783. The number of piperazine rings is 1. The van der Waals surface area contributed by atoms with Gasteiger partial charge in [-0.2, -0.15) is 0 Å². The van der Waals surface area contributed by atoms with Crippen LogP contribution in [0, 0.1) is 0 Å². The van der Waals surface area contributed by atoms with Gasteiger partial charge in [0.25, 0.3) is 0 Å². The van der Waals surface area contributed by atoms with Crippen molar-refractivity contribution in [1.82, 2.24) is 14.7 Å². The van der Waals surface area contributed by atoms with Gasteiger partial charge < -0.3 is 10.0 Å². The zero-order valence-corrected chi connectivity index (χ0v) is 11.5. The number of carboxylic acid groups (broad SMARTS) is 1. The lowest BCUT2D eigenvalue weighted by Gasteiger charge is -2.37. The first-order chi connectivity index (χ1) is 9.08. The summed E-state index contributed by atoms with van der Waals surface area (Å²) in [7, 11) is 0. The predicted octanol–water partition coefficient (Wildman–Crippen LogP) is -0.300. The van der Waals surface area contributed by atoms with E-state index in [4.69, 9.17) is 5.11 Å². The topological polar surface area (TPSA) is 64.1 Å². The largest absolute Gasteiger partial charge is 0.480 e. The minimum absolute atomic E-state index is 0.0786. The molecule has 0 aromatic rings. The number of carboxylic acids is 1. The van der Waals surface area contributed by atoms with Crippen molar-refractivity contribution in [3.63, 3.8) is 0 Å². The molecule has 0 bridgehead atoms. The zero-order chi connectivity index (χ0) is 13.8. The molecule has 0 aromatic carbocycles. The lowest BCUT2D eigenvalue weighted by Crippen LogP contribution is -2.54. The molecule has 2 rings (SSSR count). The molecule has 6 nitrogen and oxygen atoms in total. The lowest BCUT2D eigenvalue weighted by molar-refractivity contribution is -0.140. The number of carbonyl (C=O) groups is 2. The van der Waals surface area contributed by atoms with Crippen LogP contribution in [-0.4, -0.2) is 83.5 Å². The second-order valence-electron chi connectivity index (χ2n) is 5.41. The highest BCUT2D eigenvalue weighted by molar-refractivity contribution is 5.81. The smallest absolute Gasteiger partial charge is 0.317 e. The molecule has 0 radical (unpaired) electrons. The number of hydrogen-bond acceptors (Lipinski definition) is 4. The Hall–Kier alpha value is -1.14. The Morgan fingerprint density at radius 3 is 2.16 bits per heavy atom. The lowest BCUT2D eigenvalue weighted by atomic mass is 10.2. The molecule has 2 aliphatic rings. The van der Waals surface area contributed by atoms with E-state index >= 15 is 0 Å². The molecule has 0 saturated carbocycles. The maximum atomic E-state index is 12.3. The quantitative estimate of drug-likeness (QED) is 0.759. The summed E-state index contributed by atoms with van der Waals surface area (Å²) in [5.74, 6) is -0.557. The third-order valence-electron chi connectivity index (χ3n) is 4.09. The van der Waals surface area contributed by atoms with Gasteiger partial charge in [0.1, 0.15) is 0 Å². The number of hydrogen-bond donors (Lipinski definition) is 1. The number of amides is 1. The molecular weight excluding hydrogens is 246 g/mol. The van der Waals surface area contributed by atoms with Gasteiger partial charge in [-0.15, -0.1) is 0 Å². The van der Waals surface area contributed by atoms with E-state index in [0.29, 0.717) is 0 Å². The molecule has 2 aliphatic heterocycles. The Balaban J connectivity index is 1.79. The van der Waals surface area contributed by atoms with E-state index < -0.39 is 5.97 Å². The van der Waals surface area contributed by atoms with Gasteiger partial charge in [0.15, 0.2) is 0 Å². The van der Waals surface area contributed by atoms with Crippen LogP contribution in [0.2, 0.25) is 0 Å². The van der Waals surface area contributed by atoms with Crippen LogP contribution < -0.4 is 0 Å². The molecule has 2 saturated heterocycles. The third-order valence-corrected chi connectivity index (χ3v) is 4.09. The third kappa shape index (κ3) is 3.67. The Morgan fingerprint density at radius 2 is 1.63 bits per heavy atom. The predicted molar refractivity (Wildman–Crippen MR) is 70.9 cm³/mol. The number of nitrogens with zero attached hydrogens (tertiary/aromatic N) is 3. The maximum absolute atomic E-state index is 12.3. The molecule has 1 atom stereocenters. The zero-order valence-electron chi connectivity index (χ0n) is 11.5. The van der Waals surface area contributed by atoms with Gasteiger partial charge in [0.05, 0.1) is 12.6 Å². The molecular formula is C13H23N3O3. The van der Waals surface area contributed by atoms with E-state index in [1.54, 1.807) is 0 Å². The SMILES string of the molecule is CC(C(=O)N1CCCC1)N1CCN(CC(=O)O)CC1. The fourth-order valence-electron chi connectivity index (χ4n) is 2.86. The molecule has 1 N–H and O–H groups in total. The van der Waals surface area contributed by atoms with Crippen molar-refractivity contribution < 1.29 is 14.7 Å². The molecule has 2 fully saturated rings. The van der Waals surface area contributed by atoms with Crippen molar-refractivity contribution in [2.24, 2.45) is 0 Å². The summed E-state index contributed by atoms with van der Waals surface area (Å²) in [6.07, 6.45) is 2.23. The molecule has 19 heavy (non-hydrogen) atoms. The van der Waals surface area contributed by atoms with Crippen molar-refractivity contribution in [1.29, 1.82) is 0 Å². The van der Waals surface area contributed by atoms with Crippen molar-refractivity contribution in [2.45, 2.75) is 25.8 Å². The van der Waals surface area contributed by atoms with Crippen LogP contribution in [0.4, 0.5) is 0 Å². The fraction of sp³-hybridized carbons (Fsp3) is 0.846. The highest BCUT2D eigenvalue weighted by Crippen LogP contribution is 2.13. The first-order valence-corrected chi connectivity index (χ1v) is 7.05. The normalized spacial score (nSPS) is 23.5. The molecule has 1 unspecified atom stereocenters. The van der Waals surface area contributed by atoms with Gasteiger partial charge in [-0.05, 0) is 19.8 Å². The summed E-state index contributed by atoms with van der Waals surface area (Å²) in [5, 5.41) is 8.76. The van der Waals surface area contributed by atoms with E-state index in [-0.39, 0.29) is 18.5 Å². The monoisotopic (exact) mass is 269 g/mol. The summed E-state index contributed by atoms with van der Waals surface area (Å²) in [6.45, 7) is 6.84. The number of carbonyl (C=O) groups excluding carboxylic acids is 1. The van der Waals surface area contributed by atoms with E-state index in [9.17, 15) is 9.59 Å². The average molecular weight is 269 g/mol. The molecule has 0 aromatic heterocycles. The standard InChI is InChI=1S/C13H23N3O3/c1-11(13(19)16-4-2-3-5-16)15-8-6-14(7-9-15)10-12(17)18/h11H,2-10H2,1H3,(H,17,18). The van der Waals surface area contributed by atoms with E-state index in [0.717, 1.165) is 52.1 Å². The van der Waals surface area contributed by atoms with Crippen LogP contribution in [0.3, 0.4) is 0 Å². The molecule has 1 amide bonds. The molecule has 2 heterocycles. The second kappa shape index (κ2) is 6.34. The Kier molecular flexibility index (Phi) is 4.76. The Morgan fingerprint density at radius 1 is 1.05 bits per heavy atom. The fourth-order valence-corrected chi connectivity index (χ4v) is 2.86. The van der Waals surface area contributed by atoms with E-state index in [1.165, 1.54) is 0 Å². The highest BCUT2D eigenvalue weighted by atomic mass is 16.4. The highest BCUT2D eigenvalue weighted by Gasteiger charge is 2.30. The van der Waals surface area contributed by atoms with E-state index in [2.05, 4.69) is 4.90 Å². The van der Waals surface area contributed by atoms with Crippen LogP contribution in [0.25, 0.3) is 0 Å². The minimum Gasteiger partial charge on any atom is -0.480 e. The molecule has 0 spiro atoms. The van der Waals surface area contributed by atoms with E-state index in [1.807, 2.05) is 16.7 Å². The first kappa shape index (κ1) is 14.3. The summed E-state index contributed by atoms with van der Waals surface area (Å²) < 4.78 is 0. The van der Waals surface area contributed by atoms with Gasteiger partial charge in [-0.3, -0.25) is 19.4 Å². The summed E-state index contributed by atoms with van der Waals surface area (Å²) in [5.41, 5.74) is 0. The summed E-state index contributed by atoms with van der Waals surface area (Å²) in [4.78, 5) is 29.0.